The lowest BCUT2D eigenvalue weighted by Crippen LogP contribution is -2.51. The summed E-state index contributed by atoms with van der Waals surface area (Å²) >= 11 is 12.4. The highest BCUT2D eigenvalue weighted by Gasteiger charge is 2.31. The molecule has 0 saturated carbocycles. The Morgan fingerprint density at radius 2 is 2.16 bits per heavy atom. The van der Waals surface area contributed by atoms with Gasteiger partial charge in [-0.05, 0) is 44.4 Å². The van der Waals surface area contributed by atoms with Crippen molar-refractivity contribution >= 4 is 29.1 Å². The third kappa shape index (κ3) is 3.05. The van der Waals surface area contributed by atoms with Crippen molar-refractivity contribution < 1.29 is 4.79 Å². The van der Waals surface area contributed by atoms with Crippen LogP contribution in [0.1, 0.15) is 35.1 Å². The molecule has 0 spiro atoms. The van der Waals surface area contributed by atoms with Crippen LogP contribution < -0.4 is 5.32 Å². The van der Waals surface area contributed by atoms with E-state index in [2.05, 4.69) is 17.3 Å². The molecule has 1 N–H and O–H groups in total. The minimum absolute atomic E-state index is 0.0235. The van der Waals surface area contributed by atoms with Crippen molar-refractivity contribution in [2.24, 2.45) is 0 Å². The minimum Gasteiger partial charge on any atom is -0.334 e. The van der Waals surface area contributed by atoms with E-state index < -0.39 is 0 Å². The Bertz CT molecular complexity index is 833. The van der Waals surface area contributed by atoms with Crippen LogP contribution in [0.4, 0.5) is 0 Å². The normalized spacial score (nSPS) is 20.0. The summed E-state index contributed by atoms with van der Waals surface area (Å²) in [6, 6.07) is 5.67. The smallest absolute Gasteiger partial charge is 0.274 e. The molecule has 1 amide bonds. The lowest BCUT2D eigenvalue weighted by molar-refractivity contribution is 0.0701. The van der Waals surface area contributed by atoms with E-state index >= 15 is 0 Å². The monoisotopic (exact) mass is 378 g/mol. The zero-order valence-corrected chi connectivity index (χ0v) is 15.6. The van der Waals surface area contributed by atoms with Crippen molar-refractivity contribution in [1.29, 1.82) is 0 Å². The van der Waals surface area contributed by atoms with Crippen LogP contribution in [0, 0.1) is 0 Å². The number of fused-ring (bicyclic) bond motifs is 1. The molecule has 5 nitrogen and oxygen atoms in total. The number of nitrogens with zero attached hydrogens (tertiary/aromatic N) is 3. The van der Waals surface area contributed by atoms with Crippen LogP contribution in [-0.4, -0.2) is 46.3 Å². The molecule has 1 saturated heterocycles. The van der Waals surface area contributed by atoms with Crippen molar-refractivity contribution in [2.75, 3.05) is 19.6 Å². The van der Waals surface area contributed by atoms with Crippen LogP contribution in [0.2, 0.25) is 10.0 Å². The Hall–Kier alpha value is -1.56. The lowest BCUT2D eigenvalue weighted by atomic mass is 10.1. The summed E-state index contributed by atoms with van der Waals surface area (Å²) in [5, 5.41) is 9.16. The first-order valence-corrected chi connectivity index (χ1v) is 9.39. The Morgan fingerprint density at radius 3 is 2.92 bits per heavy atom. The fraction of sp³-hybridized carbons (Fsp3) is 0.444. The first-order chi connectivity index (χ1) is 12.0. The van der Waals surface area contributed by atoms with Gasteiger partial charge in [0.1, 0.15) is 0 Å². The largest absolute Gasteiger partial charge is 0.334 e. The van der Waals surface area contributed by atoms with Crippen LogP contribution in [0.25, 0.3) is 5.69 Å². The summed E-state index contributed by atoms with van der Waals surface area (Å²) in [6.07, 6.45) is 2.84. The number of halogens is 2. The van der Waals surface area contributed by atoms with Gasteiger partial charge in [0.2, 0.25) is 0 Å². The van der Waals surface area contributed by atoms with E-state index in [4.69, 9.17) is 23.2 Å². The molecule has 25 heavy (non-hydrogen) atoms. The molecule has 1 aromatic heterocycles. The highest BCUT2D eigenvalue weighted by molar-refractivity contribution is 6.35. The Labute approximate surface area is 156 Å². The van der Waals surface area contributed by atoms with Gasteiger partial charge in [-0.3, -0.25) is 4.79 Å². The fourth-order valence-electron chi connectivity index (χ4n) is 3.73. The molecule has 1 fully saturated rings. The maximum absolute atomic E-state index is 13.1. The number of piperazine rings is 1. The van der Waals surface area contributed by atoms with E-state index in [1.54, 1.807) is 12.1 Å². The molecule has 1 aromatic carbocycles. The maximum atomic E-state index is 13.1. The number of rotatable bonds is 2. The summed E-state index contributed by atoms with van der Waals surface area (Å²) in [7, 11) is 0. The van der Waals surface area contributed by atoms with E-state index in [0.29, 0.717) is 34.9 Å². The molecule has 2 aromatic rings. The summed E-state index contributed by atoms with van der Waals surface area (Å²) in [5.41, 5.74) is 3.52. The molecule has 0 radical (unpaired) electrons. The van der Waals surface area contributed by atoms with Crippen LogP contribution in [-0.2, 0) is 12.8 Å². The second-order valence-electron chi connectivity index (χ2n) is 6.74. The molecule has 4 rings (SSSR count). The molecular formula is C18H20Cl2N4O. The maximum Gasteiger partial charge on any atom is 0.274 e. The van der Waals surface area contributed by atoms with E-state index in [0.717, 1.165) is 42.8 Å². The van der Waals surface area contributed by atoms with Gasteiger partial charge in [-0.25, -0.2) is 4.68 Å². The van der Waals surface area contributed by atoms with Crippen molar-refractivity contribution in [3.63, 3.8) is 0 Å². The Balaban J connectivity index is 1.74. The van der Waals surface area contributed by atoms with Gasteiger partial charge in [-0.15, -0.1) is 0 Å². The standard InChI is InChI=1S/C18H20Cl2N4O/c1-11-10-23(8-7-21-11)18(25)17-13-3-2-4-15(13)24(22-17)16-6-5-12(19)9-14(16)20/h5-6,9,11,21H,2-4,7-8,10H2,1H3. The average molecular weight is 379 g/mol. The molecule has 1 aliphatic heterocycles. The van der Waals surface area contributed by atoms with Gasteiger partial charge in [0.25, 0.3) is 5.91 Å². The van der Waals surface area contributed by atoms with Crippen molar-refractivity contribution in [3.8, 4) is 5.69 Å². The quantitative estimate of drug-likeness (QED) is 0.873. The molecule has 0 bridgehead atoms. The molecular weight excluding hydrogens is 359 g/mol. The van der Waals surface area contributed by atoms with Crippen LogP contribution in [0.3, 0.4) is 0 Å². The van der Waals surface area contributed by atoms with Gasteiger partial charge in [0.05, 0.1) is 10.7 Å². The van der Waals surface area contributed by atoms with E-state index in [9.17, 15) is 4.79 Å². The van der Waals surface area contributed by atoms with Crippen LogP contribution in [0.15, 0.2) is 18.2 Å². The number of amides is 1. The molecule has 2 heterocycles. The van der Waals surface area contributed by atoms with Crippen molar-refractivity contribution in [1.82, 2.24) is 20.0 Å². The predicted molar refractivity (Wildman–Crippen MR) is 99.0 cm³/mol. The highest BCUT2D eigenvalue weighted by Crippen LogP contribution is 2.32. The minimum atomic E-state index is 0.0235. The summed E-state index contributed by atoms with van der Waals surface area (Å²) < 4.78 is 1.83. The Kier molecular flexibility index (Phi) is 4.48. The van der Waals surface area contributed by atoms with Gasteiger partial charge >= 0.3 is 0 Å². The number of hydrogen-bond donors (Lipinski definition) is 1. The van der Waals surface area contributed by atoms with Gasteiger partial charge in [0, 0.05) is 42.0 Å². The number of carbonyl (C=O) groups excluding carboxylic acids is 1. The van der Waals surface area contributed by atoms with E-state index in [1.165, 1.54) is 0 Å². The molecule has 132 valence electrons. The van der Waals surface area contributed by atoms with Crippen molar-refractivity contribution in [2.45, 2.75) is 32.2 Å². The summed E-state index contributed by atoms with van der Waals surface area (Å²) in [4.78, 5) is 15.0. The highest BCUT2D eigenvalue weighted by atomic mass is 35.5. The number of nitrogens with one attached hydrogen (secondary N) is 1. The van der Waals surface area contributed by atoms with Gasteiger partial charge in [-0.2, -0.15) is 5.10 Å². The number of carbonyl (C=O) groups is 1. The first kappa shape index (κ1) is 16.9. The average Bonchev–Trinajstić information content (AvgIpc) is 3.17. The van der Waals surface area contributed by atoms with E-state index in [-0.39, 0.29) is 5.91 Å². The summed E-state index contributed by atoms with van der Waals surface area (Å²) in [5.74, 6) is 0.0235. The third-order valence-corrected chi connectivity index (χ3v) is 5.46. The van der Waals surface area contributed by atoms with E-state index in [1.807, 2.05) is 15.6 Å². The zero-order valence-electron chi connectivity index (χ0n) is 14.1. The number of benzene rings is 1. The van der Waals surface area contributed by atoms with Gasteiger partial charge in [0.15, 0.2) is 5.69 Å². The van der Waals surface area contributed by atoms with Crippen molar-refractivity contribution in [3.05, 3.63) is 45.2 Å². The SMILES string of the molecule is CC1CN(C(=O)c2nn(-c3ccc(Cl)cc3Cl)c3c2CCC3)CCN1. The molecule has 7 heteroatoms. The molecule has 1 unspecified atom stereocenters. The summed E-state index contributed by atoms with van der Waals surface area (Å²) in [6.45, 7) is 4.34. The molecule has 1 aliphatic carbocycles. The number of aromatic nitrogens is 2. The zero-order chi connectivity index (χ0) is 17.6. The molecule has 2 aliphatic rings. The second-order valence-corrected chi connectivity index (χ2v) is 7.58. The third-order valence-electron chi connectivity index (χ3n) is 4.93. The fourth-order valence-corrected chi connectivity index (χ4v) is 4.22. The number of hydrogen-bond acceptors (Lipinski definition) is 3. The van der Waals surface area contributed by atoms with Gasteiger partial charge in [-0.1, -0.05) is 23.2 Å². The first-order valence-electron chi connectivity index (χ1n) is 8.63. The van der Waals surface area contributed by atoms with Gasteiger partial charge < -0.3 is 10.2 Å². The Morgan fingerprint density at radius 1 is 1.32 bits per heavy atom. The van der Waals surface area contributed by atoms with Crippen LogP contribution >= 0.6 is 23.2 Å². The lowest BCUT2D eigenvalue weighted by Gasteiger charge is -2.31. The molecule has 1 atom stereocenters. The van der Waals surface area contributed by atoms with Crippen LogP contribution in [0.5, 0.6) is 0 Å². The second kappa shape index (κ2) is 6.63. The topological polar surface area (TPSA) is 50.2 Å². The predicted octanol–water partition coefficient (Wildman–Crippen LogP) is 3.10.